The summed E-state index contributed by atoms with van der Waals surface area (Å²) in [6.45, 7) is 4.47. The first-order valence-corrected chi connectivity index (χ1v) is 16.3. The minimum absolute atomic E-state index is 0.0122. The molecule has 2 heterocycles. The van der Waals surface area contributed by atoms with Gasteiger partial charge < -0.3 is 25.2 Å². The molecule has 2 atom stereocenters. The van der Waals surface area contributed by atoms with Crippen LogP contribution in [0.15, 0.2) is 71.8 Å². The number of ether oxygens (including phenoxy) is 2. The lowest BCUT2D eigenvalue weighted by Gasteiger charge is -2.37. The Balaban J connectivity index is 1.42. The number of aliphatic carboxylic acids is 1. The molecule has 2 aromatic carbocycles. The average molecular weight is 654 g/mol. The molecule has 0 radical (unpaired) electrons. The Morgan fingerprint density at radius 1 is 1.04 bits per heavy atom. The summed E-state index contributed by atoms with van der Waals surface area (Å²) < 4.78 is 40.2. The van der Waals surface area contributed by atoms with Crippen molar-refractivity contribution in [3.63, 3.8) is 0 Å². The van der Waals surface area contributed by atoms with Crippen molar-refractivity contribution in [3.8, 4) is 0 Å². The van der Waals surface area contributed by atoms with E-state index in [0.717, 1.165) is 11.1 Å². The highest BCUT2D eigenvalue weighted by Gasteiger charge is 2.46. The van der Waals surface area contributed by atoms with E-state index in [-0.39, 0.29) is 18.0 Å². The molecule has 1 aliphatic heterocycles. The summed E-state index contributed by atoms with van der Waals surface area (Å²) in [6, 6.07) is 16.3. The van der Waals surface area contributed by atoms with Gasteiger partial charge in [0.05, 0.1) is 11.4 Å². The number of sulfonamides is 1. The molecule has 0 bridgehead atoms. The number of aromatic nitrogens is 1. The third-order valence-corrected chi connectivity index (χ3v) is 9.30. The zero-order valence-electron chi connectivity index (χ0n) is 26.0. The highest BCUT2D eigenvalue weighted by molar-refractivity contribution is 7.89. The largest absolute Gasteiger partial charge is 0.480 e. The number of aryl methyl sites for hydroxylation is 3. The maximum absolute atomic E-state index is 13.2. The fraction of sp³-hybridized carbons (Fsp3) is 0.375. The molecule has 1 aliphatic rings. The Kier molecular flexibility index (Phi) is 11.3. The molecule has 1 aromatic heterocycles. The number of rotatable bonds is 14. The van der Waals surface area contributed by atoms with Crippen molar-refractivity contribution >= 4 is 33.8 Å². The van der Waals surface area contributed by atoms with E-state index < -0.39 is 52.9 Å². The van der Waals surface area contributed by atoms with Crippen LogP contribution in [0.5, 0.6) is 0 Å². The first-order valence-electron chi connectivity index (χ1n) is 14.8. The number of nitrogens with zero attached hydrogens (tertiary/aromatic N) is 2. The van der Waals surface area contributed by atoms with Crippen LogP contribution >= 0.6 is 0 Å². The third kappa shape index (κ3) is 8.80. The minimum Gasteiger partial charge on any atom is -0.480 e. The summed E-state index contributed by atoms with van der Waals surface area (Å²) in [5, 5.41) is 15.3. The number of anilines is 1. The first kappa shape index (κ1) is 34.3. The Hall–Kier alpha value is -4.53. The summed E-state index contributed by atoms with van der Waals surface area (Å²) in [7, 11) is -4.23. The number of hydrogen-bond donors (Lipinski definition) is 4. The Morgan fingerprint density at radius 3 is 2.39 bits per heavy atom. The highest BCUT2D eigenvalue weighted by Crippen LogP contribution is 2.32. The molecule has 0 spiro atoms. The molecule has 3 aromatic rings. The van der Waals surface area contributed by atoms with Crippen molar-refractivity contribution in [2.45, 2.75) is 56.9 Å². The number of amides is 2. The molecule has 1 fully saturated rings. The predicted octanol–water partition coefficient (Wildman–Crippen LogP) is 3.11. The van der Waals surface area contributed by atoms with Gasteiger partial charge in [-0.3, -0.25) is 14.5 Å². The number of benzene rings is 2. The number of carboxylic acids is 1. The fourth-order valence-electron chi connectivity index (χ4n) is 5.47. The van der Waals surface area contributed by atoms with Crippen LogP contribution in [0.4, 0.5) is 10.6 Å². The number of nitrogens with one attached hydrogen (secondary N) is 3. The van der Waals surface area contributed by atoms with Gasteiger partial charge in [-0.15, -0.1) is 0 Å². The number of carbonyl (C=O) groups is 3. The summed E-state index contributed by atoms with van der Waals surface area (Å²) in [6.07, 6.45) is 1.95. The second kappa shape index (κ2) is 15.2. The van der Waals surface area contributed by atoms with Crippen LogP contribution < -0.4 is 15.4 Å². The van der Waals surface area contributed by atoms with Crippen LogP contribution in [0, 0.1) is 20.8 Å². The molecule has 46 heavy (non-hydrogen) atoms. The van der Waals surface area contributed by atoms with Crippen LogP contribution in [0.2, 0.25) is 0 Å². The van der Waals surface area contributed by atoms with E-state index in [1.165, 1.54) is 4.90 Å². The van der Waals surface area contributed by atoms with Crippen molar-refractivity contribution < 1.29 is 37.4 Å². The molecule has 4 N–H and O–H groups in total. The molecular formula is C32H39N5O8S. The second-order valence-corrected chi connectivity index (χ2v) is 12.8. The van der Waals surface area contributed by atoms with Gasteiger partial charge in [-0.25, -0.2) is 18.2 Å². The van der Waals surface area contributed by atoms with Gasteiger partial charge in [-0.1, -0.05) is 54.1 Å². The summed E-state index contributed by atoms with van der Waals surface area (Å²) in [5.74, 6) is -1.63. The molecule has 14 heteroatoms. The lowest BCUT2D eigenvalue weighted by Crippen LogP contribution is -2.55. The van der Waals surface area contributed by atoms with Gasteiger partial charge in [0.25, 0.3) is 0 Å². The lowest BCUT2D eigenvalue weighted by molar-refractivity contribution is -0.147. The van der Waals surface area contributed by atoms with E-state index in [1.54, 1.807) is 50.4 Å². The molecule has 2 amide bonds. The number of carboxylic acid groups (broad SMARTS) is 1. The quantitative estimate of drug-likeness (QED) is 0.202. The van der Waals surface area contributed by atoms with Gasteiger partial charge in [0.1, 0.15) is 25.1 Å². The van der Waals surface area contributed by atoms with Gasteiger partial charge in [0.2, 0.25) is 15.9 Å². The topological polar surface area (TPSA) is 176 Å². The second-order valence-electron chi connectivity index (χ2n) is 11.1. The van der Waals surface area contributed by atoms with Crippen molar-refractivity contribution in [2.75, 3.05) is 31.6 Å². The van der Waals surface area contributed by atoms with Gasteiger partial charge in [0, 0.05) is 19.3 Å². The maximum Gasteiger partial charge on any atom is 0.412 e. The standard InChI is InChI=1S/C32H39N5O8S/c1-22-16-23(2)29(24(3)17-22)46(42,43)36-26(30(39)40)18-34-28(38)20-45-32(21-35-27-12-7-8-14-33-27)13-9-15-37(32)31(41)44-19-25-10-5-4-6-11-25/h4-8,10-12,14,16-17,26,36H,9,13,15,18-21H2,1-3H3,(H,33,35)(H,34,38)(H,39,40). The van der Waals surface area contributed by atoms with E-state index in [0.29, 0.717) is 36.3 Å². The zero-order chi connectivity index (χ0) is 33.3. The van der Waals surface area contributed by atoms with Crippen LogP contribution in [0.25, 0.3) is 0 Å². The van der Waals surface area contributed by atoms with Crippen molar-refractivity contribution in [1.29, 1.82) is 0 Å². The Morgan fingerprint density at radius 2 is 1.74 bits per heavy atom. The summed E-state index contributed by atoms with van der Waals surface area (Å²) >= 11 is 0. The number of pyridine rings is 1. The minimum atomic E-state index is -4.23. The summed E-state index contributed by atoms with van der Waals surface area (Å²) in [5.41, 5.74) is 1.34. The first-order chi connectivity index (χ1) is 21.9. The number of likely N-dealkylation sites (tertiary alicyclic amines) is 1. The maximum atomic E-state index is 13.2. The molecule has 1 saturated heterocycles. The van der Waals surface area contributed by atoms with E-state index in [4.69, 9.17) is 9.47 Å². The highest BCUT2D eigenvalue weighted by atomic mass is 32.2. The SMILES string of the molecule is Cc1cc(C)c(S(=O)(=O)NC(CNC(=O)COC2(CNc3ccccn3)CCCN2C(=O)OCc2ccccc2)C(=O)O)c(C)c1. The fourth-order valence-corrected chi connectivity index (χ4v) is 7.11. The van der Waals surface area contributed by atoms with Crippen molar-refractivity contribution in [3.05, 3.63) is 89.1 Å². The van der Waals surface area contributed by atoms with Crippen molar-refractivity contribution in [1.82, 2.24) is 19.9 Å². The smallest absolute Gasteiger partial charge is 0.412 e. The van der Waals surface area contributed by atoms with Gasteiger partial charge in [-0.05, 0) is 62.4 Å². The molecule has 13 nitrogen and oxygen atoms in total. The molecule has 2 unspecified atom stereocenters. The van der Waals surface area contributed by atoms with Gasteiger partial charge in [0.15, 0.2) is 5.72 Å². The Bertz CT molecular complexity index is 1620. The van der Waals surface area contributed by atoms with E-state index in [2.05, 4.69) is 20.3 Å². The Labute approximate surface area is 268 Å². The molecule has 0 aliphatic carbocycles. The molecule has 0 saturated carbocycles. The average Bonchev–Trinajstić information content (AvgIpc) is 3.44. The van der Waals surface area contributed by atoms with Gasteiger partial charge in [-0.2, -0.15) is 4.72 Å². The van der Waals surface area contributed by atoms with Crippen molar-refractivity contribution in [2.24, 2.45) is 0 Å². The monoisotopic (exact) mass is 653 g/mol. The van der Waals surface area contributed by atoms with Gasteiger partial charge >= 0.3 is 12.1 Å². The lowest BCUT2D eigenvalue weighted by atomic mass is 10.1. The molecular weight excluding hydrogens is 614 g/mol. The molecule has 4 rings (SSSR count). The summed E-state index contributed by atoms with van der Waals surface area (Å²) in [4.78, 5) is 43.8. The van der Waals surface area contributed by atoms with E-state index in [9.17, 15) is 27.9 Å². The van der Waals surface area contributed by atoms with E-state index in [1.807, 2.05) is 37.3 Å². The third-order valence-electron chi connectivity index (χ3n) is 7.52. The van der Waals surface area contributed by atoms with Crippen LogP contribution in [-0.2, 0) is 35.7 Å². The zero-order valence-corrected chi connectivity index (χ0v) is 26.8. The molecule has 246 valence electrons. The number of hydrogen-bond acceptors (Lipinski definition) is 9. The van der Waals surface area contributed by atoms with Crippen LogP contribution in [0.3, 0.4) is 0 Å². The van der Waals surface area contributed by atoms with Crippen LogP contribution in [0.1, 0.15) is 35.1 Å². The van der Waals surface area contributed by atoms with Crippen LogP contribution in [-0.4, -0.2) is 79.4 Å². The van der Waals surface area contributed by atoms with E-state index >= 15 is 0 Å². The predicted molar refractivity (Wildman–Crippen MR) is 169 cm³/mol. The normalized spacial score (nSPS) is 16.9. The number of carbonyl (C=O) groups excluding carboxylic acids is 2.